The fourth-order valence-corrected chi connectivity index (χ4v) is 4.13. The highest BCUT2D eigenvalue weighted by Gasteiger charge is 2.28. The lowest BCUT2D eigenvalue weighted by molar-refractivity contribution is 0.0688. The molecule has 1 aromatic carbocycles. The summed E-state index contributed by atoms with van der Waals surface area (Å²) in [4.78, 5) is 18.9. The summed E-state index contributed by atoms with van der Waals surface area (Å²) in [7, 11) is 0. The molecule has 138 valence electrons. The van der Waals surface area contributed by atoms with Gasteiger partial charge >= 0.3 is 0 Å². The fourth-order valence-electron chi connectivity index (χ4n) is 4.13. The van der Waals surface area contributed by atoms with Gasteiger partial charge in [0.05, 0.1) is 23.5 Å². The molecule has 0 spiro atoms. The van der Waals surface area contributed by atoms with Crippen LogP contribution in [0.25, 0.3) is 10.9 Å². The average Bonchev–Trinajstić information content (AvgIpc) is 3.31. The summed E-state index contributed by atoms with van der Waals surface area (Å²) in [6.45, 7) is 3.13. The number of pyridine rings is 1. The Morgan fingerprint density at radius 1 is 1.19 bits per heavy atom. The minimum absolute atomic E-state index is 0.0422. The van der Waals surface area contributed by atoms with E-state index in [9.17, 15) is 9.18 Å². The van der Waals surface area contributed by atoms with Crippen LogP contribution >= 0.6 is 0 Å². The SMILES string of the molecule is O=C(c1cnc2c(F)cccc2c1)N1CCC(n2ncc3c2CNC3)CC1. The minimum atomic E-state index is -0.367. The van der Waals surface area contributed by atoms with Gasteiger partial charge in [0.25, 0.3) is 5.91 Å². The van der Waals surface area contributed by atoms with Gasteiger partial charge in [-0.3, -0.25) is 14.5 Å². The maximum absolute atomic E-state index is 13.8. The zero-order chi connectivity index (χ0) is 18.4. The second kappa shape index (κ2) is 6.42. The molecule has 2 aliphatic heterocycles. The molecule has 1 N–H and O–H groups in total. The van der Waals surface area contributed by atoms with Crippen LogP contribution in [0, 0.1) is 5.82 Å². The van der Waals surface area contributed by atoms with Crippen LogP contribution in [-0.2, 0) is 13.1 Å². The van der Waals surface area contributed by atoms with Crippen molar-refractivity contribution in [2.45, 2.75) is 32.0 Å². The largest absolute Gasteiger partial charge is 0.338 e. The van der Waals surface area contributed by atoms with Crippen molar-refractivity contribution >= 4 is 16.8 Å². The minimum Gasteiger partial charge on any atom is -0.338 e. The van der Waals surface area contributed by atoms with Gasteiger partial charge in [0.1, 0.15) is 11.3 Å². The van der Waals surface area contributed by atoms with E-state index < -0.39 is 0 Å². The number of nitrogens with one attached hydrogen (secondary N) is 1. The number of carbonyl (C=O) groups excluding carboxylic acids is 1. The summed E-state index contributed by atoms with van der Waals surface area (Å²) in [6, 6.07) is 6.85. The molecule has 1 fully saturated rings. The second-order valence-electron chi connectivity index (χ2n) is 7.22. The first kappa shape index (κ1) is 16.4. The highest BCUT2D eigenvalue weighted by Crippen LogP contribution is 2.27. The van der Waals surface area contributed by atoms with E-state index in [1.807, 2.05) is 11.1 Å². The quantitative estimate of drug-likeness (QED) is 0.758. The lowest BCUT2D eigenvalue weighted by Gasteiger charge is -2.32. The molecule has 0 aliphatic carbocycles. The topological polar surface area (TPSA) is 63.1 Å². The first-order valence-electron chi connectivity index (χ1n) is 9.30. The standard InChI is InChI=1S/C20H20FN5O/c21-17-3-1-2-13-8-14(10-23-19(13)17)20(27)25-6-4-16(5-7-25)26-18-12-22-9-15(18)11-24-26/h1-3,8,10-11,16,22H,4-7,9,12H2. The summed E-state index contributed by atoms with van der Waals surface area (Å²) < 4.78 is 15.9. The van der Waals surface area contributed by atoms with Crippen LogP contribution in [0.3, 0.4) is 0 Å². The number of halogens is 1. The molecule has 4 heterocycles. The number of likely N-dealkylation sites (tertiary alicyclic amines) is 1. The van der Waals surface area contributed by atoms with E-state index >= 15 is 0 Å². The summed E-state index contributed by atoms with van der Waals surface area (Å²) >= 11 is 0. The van der Waals surface area contributed by atoms with Crippen molar-refractivity contribution in [2.75, 3.05) is 13.1 Å². The Morgan fingerprint density at radius 3 is 2.89 bits per heavy atom. The molecule has 27 heavy (non-hydrogen) atoms. The molecular formula is C20H20FN5O. The van der Waals surface area contributed by atoms with E-state index in [2.05, 4.69) is 20.1 Å². The van der Waals surface area contributed by atoms with Crippen molar-refractivity contribution in [1.82, 2.24) is 25.0 Å². The van der Waals surface area contributed by atoms with Crippen molar-refractivity contribution in [3.05, 3.63) is 59.3 Å². The molecule has 2 aliphatic rings. The molecule has 0 radical (unpaired) electrons. The van der Waals surface area contributed by atoms with E-state index in [0.29, 0.717) is 35.6 Å². The van der Waals surface area contributed by atoms with Gasteiger partial charge in [-0.15, -0.1) is 0 Å². The molecule has 7 heteroatoms. The van der Waals surface area contributed by atoms with Gasteiger partial charge in [-0.2, -0.15) is 5.10 Å². The summed E-state index contributed by atoms with van der Waals surface area (Å²) in [6.07, 6.45) is 5.20. The molecule has 2 aromatic heterocycles. The van der Waals surface area contributed by atoms with E-state index in [1.165, 1.54) is 23.5 Å². The van der Waals surface area contributed by atoms with Crippen LogP contribution in [0.15, 0.2) is 36.7 Å². The third kappa shape index (κ3) is 2.78. The number of fused-ring (bicyclic) bond motifs is 2. The van der Waals surface area contributed by atoms with Crippen LogP contribution in [0.2, 0.25) is 0 Å². The molecule has 1 amide bonds. The van der Waals surface area contributed by atoms with Crippen molar-refractivity contribution in [1.29, 1.82) is 0 Å². The Kier molecular flexibility index (Phi) is 3.89. The van der Waals surface area contributed by atoms with Crippen molar-refractivity contribution in [3.63, 3.8) is 0 Å². The van der Waals surface area contributed by atoms with Crippen molar-refractivity contribution in [3.8, 4) is 0 Å². The normalized spacial score (nSPS) is 17.4. The zero-order valence-corrected chi connectivity index (χ0v) is 14.9. The third-order valence-electron chi connectivity index (χ3n) is 5.60. The number of piperidine rings is 1. The Labute approximate surface area is 156 Å². The number of benzene rings is 1. The predicted octanol–water partition coefficient (Wildman–Crippen LogP) is 2.65. The Balaban J connectivity index is 1.31. The molecule has 1 saturated heterocycles. The van der Waals surface area contributed by atoms with Gasteiger partial charge in [0.2, 0.25) is 0 Å². The van der Waals surface area contributed by atoms with E-state index in [1.54, 1.807) is 18.2 Å². The Hall–Kier alpha value is -2.80. The number of rotatable bonds is 2. The van der Waals surface area contributed by atoms with Crippen LogP contribution in [0.4, 0.5) is 4.39 Å². The number of amides is 1. The van der Waals surface area contributed by atoms with Crippen LogP contribution < -0.4 is 5.32 Å². The Bertz CT molecular complexity index is 1020. The van der Waals surface area contributed by atoms with Crippen molar-refractivity contribution in [2.24, 2.45) is 0 Å². The average molecular weight is 365 g/mol. The Morgan fingerprint density at radius 2 is 2.04 bits per heavy atom. The maximum atomic E-state index is 13.8. The van der Waals surface area contributed by atoms with Gasteiger partial charge in [-0.25, -0.2) is 4.39 Å². The third-order valence-corrected chi connectivity index (χ3v) is 5.60. The van der Waals surface area contributed by atoms with E-state index in [0.717, 1.165) is 25.9 Å². The zero-order valence-electron chi connectivity index (χ0n) is 14.9. The molecule has 0 saturated carbocycles. The smallest absolute Gasteiger partial charge is 0.255 e. The molecule has 5 rings (SSSR count). The van der Waals surface area contributed by atoms with Gasteiger partial charge in [-0.1, -0.05) is 12.1 Å². The first-order chi connectivity index (χ1) is 13.2. The summed E-state index contributed by atoms with van der Waals surface area (Å²) in [5.74, 6) is -0.409. The maximum Gasteiger partial charge on any atom is 0.255 e. The fraction of sp³-hybridized carbons (Fsp3) is 0.350. The highest BCUT2D eigenvalue weighted by atomic mass is 19.1. The predicted molar refractivity (Wildman–Crippen MR) is 98.6 cm³/mol. The summed E-state index contributed by atoms with van der Waals surface area (Å²) in [5, 5.41) is 8.56. The molecular weight excluding hydrogens is 345 g/mol. The van der Waals surface area contributed by atoms with E-state index in [-0.39, 0.29) is 11.7 Å². The van der Waals surface area contributed by atoms with Crippen LogP contribution in [0.5, 0.6) is 0 Å². The first-order valence-corrected chi connectivity index (χ1v) is 9.30. The summed E-state index contributed by atoms with van der Waals surface area (Å²) in [5.41, 5.74) is 3.37. The van der Waals surface area contributed by atoms with Crippen molar-refractivity contribution < 1.29 is 9.18 Å². The number of nitrogens with zero attached hydrogens (tertiary/aromatic N) is 4. The van der Waals surface area contributed by atoms with Crippen LogP contribution in [-0.4, -0.2) is 38.7 Å². The van der Waals surface area contributed by atoms with Gasteiger partial charge in [-0.05, 0) is 25.0 Å². The van der Waals surface area contributed by atoms with Gasteiger partial charge < -0.3 is 10.2 Å². The number of hydrogen-bond acceptors (Lipinski definition) is 4. The monoisotopic (exact) mass is 365 g/mol. The molecule has 0 bridgehead atoms. The lowest BCUT2D eigenvalue weighted by Crippen LogP contribution is -2.39. The lowest BCUT2D eigenvalue weighted by atomic mass is 10.0. The number of para-hydroxylation sites is 1. The molecule has 3 aromatic rings. The van der Waals surface area contributed by atoms with Gasteiger partial charge in [0.15, 0.2) is 0 Å². The second-order valence-corrected chi connectivity index (χ2v) is 7.22. The molecule has 6 nitrogen and oxygen atoms in total. The number of hydrogen-bond donors (Lipinski definition) is 1. The molecule has 0 unspecified atom stereocenters. The van der Waals surface area contributed by atoms with Gasteiger partial charge in [0, 0.05) is 43.3 Å². The number of aromatic nitrogens is 3. The van der Waals surface area contributed by atoms with E-state index in [4.69, 9.17) is 0 Å². The highest BCUT2D eigenvalue weighted by molar-refractivity contribution is 5.97. The molecule has 0 atom stereocenters. The number of carbonyl (C=O) groups is 1. The van der Waals surface area contributed by atoms with Crippen LogP contribution in [0.1, 0.15) is 40.5 Å².